The summed E-state index contributed by atoms with van der Waals surface area (Å²) in [7, 11) is 1.74. The normalized spacial score (nSPS) is 15.6. The molecule has 1 aliphatic rings. The predicted molar refractivity (Wildman–Crippen MR) is 92.5 cm³/mol. The van der Waals surface area contributed by atoms with Gasteiger partial charge < -0.3 is 20.1 Å². The number of ether oxygens (including phenoxy) is 2. The second-order valence-electron chi connectivity index (χ2n) is 4.90. The van der Waals surface area contributed by atoms with Crippen molar-refractivity contribution in [2.45, 2.75) is 18.9 Å². The summed E-state index contributed by atoms with van der Waals surface area (Å²) in [5, 5.41) is 0. The van der Waals surface area contributed by atoms with Crippen LogP contribution in [-0.4, -0.2) is 49.4 Å². The lowest BCUT2D eigenvalue weighted by Crippen LogP contribution is -2.37. The van der Waals surface area contributed by atoms with E-state index in [9.17, 15) is 4.39 Å². The smallest absolute Gasteiger partial charge is 0.225 e. The molecule has 0 radical (unpaired) electrons. The molecule has 6 nitrogen and oxygen atoms in total. The average molecular weight is 369 g/mol. The van der Waals surface area contributed by atoms with Crippen LogP contribution in [0.25, 0.3) is 0 Å². The van der Waals surface area contributed by atoms with Crippen LogP contribution < -0.4 is 15.4 Å². The Morgan fingerprint density at radius 1 is 1.35 bits per heavy atom. The summed E-state index contributed by atoms with van der Waals surface area (Å²) in [6.07, 6.45) is 5.92. The van der Waals surface area contributed by atoms with Gasteiger partial charge in [0.1, 0.15) is 6.61 Å². The second kappa shape index (κ2) is 11.4. The van der Waals surface area contributed by atoms with Crippen LogP contribution in [0.5, 0.6) is 5.75 Å². The molecule has 9 heteroatoms. The molecule has 1 fully saturated rings. The van der Waals surface area contributed by atoms with E-state index in [1.165, 1.54) is 0 Å². The first-order chi connectivity index (χ1) is 10.3. The van der Waals surface area contributed by atoms with E-state index in [1.807, 2.05) is 0 Å². The molecule has 0 amide bonds. The maximum atomic E-state index is 12.4. The molecule has 1 aromatic heterocycles. The highest BCUT2D eigenvalue weighted by molar-refractivity contribution is 5.85. The fourth-order valence-corrected chi connectivity index (χ4v) is 2.15. The minimum atomic E-state index is 0. The number of hydrogen-bond acceptors (Lipinski definition) is 6. The van der Waals surface area contributed by atoms with Gasteiger partial charge in [-0.1, -0.05) is 0 Å². The van der Waals surface area contributed by atoms with Crippen molar-refractivity contribution in [3.05, 3.63) is 24.3 Å². The number of hydrogen-bond donors (Lipinski definition) is 1. The molecule has 0 saturated carbocycles. The van der Waals surface area contributed by atoms with Crippen molar-refractivity contribution in [3.8, 4) is 5.75 Å². The molecule has 0 atom stereocenters. The zero-order valence-corrected chi connectivity index (χ0v) is 14.6. The predicted octanol–water partition coefficient (Wildman–Crippen LogP) is 2.13. The van der Waals surface area contributed by atoms with Gasteiger partial charge in [-0.2, -0.15) is 0 Å². The molecule has 0 unspecified atom stereocenters. The van der Waals surface area contributed by atoms with Gasteiger partial charge in [0.15, 0.2) is 5.75 Å². The van der Waals surface area contributed by atoms with Gasteiger partial charge in [0, 0.05) is 32.3 Å². The summed E-state index contributed by atoms with van der Waals surface area (Å²) < 4.78 is 23.1. The van der Waals surface area contributed by atoms with Crippen LogP contribution in [0.3, 0.4) is 0 Å². The Balaban J connectivity index is 0.00000242. The molecule has 0 bridgehead atoms. The van der Waals surface area contributed by atoms with Crippen LogP contribution in [0, 0.1) is 0 Å². The second-order valence-corrected chi connectivity index (χ2v) is 4.90. The molecule has 132 valence electrons. The van der Waals surface area contributed by atoms with E-state index in [1.54, 1.807) is 19.5 Å². The molecule has 0 spiro atoms. The number of nitrogens with zero attached hydrogens (tertiary/aromatic N) is 3. The van der Waals surface area contributed by atoms with Crippen LogP contribution in [0.4, 0.5) is 10.3 Å². The highest BCUT2D eigenvalue weighted by Crippen LogP contribution is 2.19. The molecule has 1 saturated heterocycles. The Morgan fingerprint density at radius 3 is 2.43 bits per heavy atom. The van der Waals surface area contributed by atoms with Gasteiger partial charge in [0.25, 0.3) is 0 Å². The number of anilines is 1. The van der Waals surface area contributed by atoms with Crippen molar-refractivity contribution in [2.75, 3.05) is 38.3 Å². The third-order valence-electron chi connectivity index (χ3n) is 3.51. The van der Waals surface area contributed by atoms with Gasteiger partial charge in [-0.05, 0) is 12.8 Å². The van der Waals surface area contributed by atoms with Gasteiger partial charge in [-0.25, -0.2) is 14.4 Å². The maximum absolute atomic E-state index is 12.4. The minimum Gasteiger partial charge on any atom is -0.486 e. The van der Waals surface area contributed by atoms with Crippen molar-refractivity contribution in [1.29, 1.82) is 0 Å². The lowest BCUT2D eigenvalue weighted by atomic mass is 10.1. The third-order valence-corrected chi connectivity index (χ3v) is 3.51. The Bertz CT molecular complexity index is 468. The van der Waals surface area contributed by atoms with E-state index in [0.29, 0.717) is 29.7 Å². The Morgan fingerprint density at radius 2 is 1.96 bits per heavy atom. The number of methoxy groups -OCH3 is 1. The minimum absolute atomic E-state index is 0. The van der Waals surface area contributed by atoms with Crippen LogP contribution in [0.2, 0.25) is 0 Å². The molecule has 0 aromatic carbocycles. The summed E-state index contributed by atoms with van der Waals surface area (Å²) in [6.45, 7) is 1.99. The molecule has 1 aliphatic heterocycles. The first-order valence-corrected chi connectivity index (χ1v) is 6.97. The topological polar surface area (TPSA) is 73.5 Å². The molecule has 2 N–H and O–H groups in total. The highest BCUT2D eigenvalue weighted by atomic mass is 35.5. The zero-order valence-electron chi connectivity index (χ0n) is 13.0. The van der Waals surface area contributed by atoms with Crippen LogP contribution in [0.15, 0.2) is 24.3 Å². The SMILES string of the molecule is COC1CCN(c2ncc(OC/C(=C/F)CN)cn2)CC1.Cl.Cl. The number of rotatable bonds is 6. The van der Waals surface area contributed by atoms with E-state index >= 15 is 0 Å². The number of nitrogens with two attached hydrogens (primary N) is 1. The first-order valence-electron chi connectivity index (χ1n) is 6.97. The monoisotopic (exact) mass is 368 g/mol. The number of halogens is 3. The van der Waals surface area contributed by atoms with Crippen molar-refractivity contribution in [2.24, 2.45) is 5.73 Å². The Labute approximate surface area is 148 Å². The third kappa shape index (κ3) is 6.47. The van der Waals surface area contributed by atoms with E-state index < -0.39 is 0 Å². The van der Waals surface area contributed by atoms with Gasteiger partial charge in [-0.3, -0.25) is 0 Å². The molecule has 0 aliphatic carbocycles. The van der Waals surface area contributed by atoms with Crippen molar-refractivity contribution < 1.29 is 13.9 Å². The Hall–Kier alpha value is -1.15. The molecule has 2 rings (SSSR count). The maximum Gasteiger partial charge on any atom is 0.225 e. The molecule has 2 heterocycles. The first kappa shape index (κ1) is 21.9. The molecule has 1 aromatic rings. The average Bonchev–Trinajstić information content (AvgIpc) is 2.56. The standard InChI is InChI=1S/C14H21FN4O2.2ClH/c1-20-12-2-4-19(5-3-12)14-17-8-13(9-18-14)21-10-11(6-15)7-16;;/h6,8-9,12H,2-5,7,10,16H2,1H3;2*1H/b11-6+;;. The summed E-state index contributed by atoms with van der Waals surface area (Å²) in [4.78, 5) is 10.7. The van der Waals surface area contributed by atoms with Gasteiger partial charge in [0.05, 0.1) is 24.8 Å². The summed E-state index contributed by atoms with van der Waals surface area (Å²) in [6, 6.07) is 0. The number of piperidine rings is 1. The van der Waals surface area contributed by atoms with Crippen LogP contribution in [0.1, 0.15) is 12.8 Å². The van der Waals surface area contributed by atoms with Crippen LogP contribution >= 0.6 is 24.8 Å². The lowest BCUT2D eigenvalue weighted by molar-refractivity contribution is 0.0816. The van der Waals surface area contributed by atoms with E-state index in [0.717, 1.165) is 25.9 Å². The largest absolute Gasteiger partial charge is 0.486 e. The molecular formula is C14H23Cl2FN4O2. The van der Waals surface area contributed by atoms with Gasteiger partial charge >= 0.3 is 0 Å². The Kier molecular flexibility index (Phi) is 10.8. The quantitative estimate of drug-likeness (QED) is 0.828. The fraction of sp³-hybridized carbons (Fsp3) is 0.571. The lowest BCUT2D eigenvalue weighted by Gasteiger charge is -2.31. The van der Waals surface area contributed by atoms with Crippen molar-refractivity contribution in [3.63, 3.8) is 0 Å². The summed E-state index contributed by atoms with van der Waals surface area (Å²) in [5.41, 5.74) is 5.74. The highest BCUT2D eigenvalue weighted by Gasteiger charge is 2.20. The fourth-order valence-electron chi connectivity index (χ4n) is 2.15. The van der Waals surface area contributed by atoms with Crippen molar-refractivity contribution >= 4 is 30.8 Å². The zero-order chi connectivity index (χ0) is 15.1. The molecule has 23 heavy (non-hydrogen) atoms. The number of aromatic nitrogens is 2. The van der Waals surface area contributed by atoms with Gasteiger partial charge in [0.2, 0.25) is 5.95 Å². The van der Waals surface area contributed by atoms with E-state index in [4.69, 9.17) is 15.2 Å². The summed E-state index contributed by atoms with van der Waals surface area (Å²) >= 11 is 0. The summed E-state index contributed by atoms with van der Waals surface area (Å²) in [5.74, 6) is 1.18. The van der Waals surface area contributed by atoms with Crippen LogP contribution in [-0.2, 0) is 4.74 Å². The van der Waals surface area contributed by atoms with Gasteiger partial charge in [-0.15, -0.1) is 24.8 Å². The molecular weight excluding hydrogens is 346 g/mol. The van der Waals surface area contributed by atoms with Crippen molar-refractivity contribution in [1.82, 2.24) is 9.97 Å². The van der Waals surface area contributed by atoms with E-state index in [-0.39, 0.29) is 38.0 Å². The van der Waals surface area contributed by atoms with E-state index in [2.05, 4.69) is 14.9 Å².